The molecule has 0 spiro atoms. The lowest BCUT2D eigenvalue weighted by Gasteiger charge is -2.34. The van der Waals surface area contributed by atoms with Crippen molar-refractivity contribution in [3.8, 4) is 0 Å². The normalized spacial score (nSPS) is 12.0. The van der Waals surface area contributed by atoms with Crippen LogP contribution in [0.2, 0.25) is 0 Å². The molecule has 0 saturated heterocycles. The molecule has 0 aliphatic carbocycles. The zero-order valence-electron chi connectivity index (χ0n) is 17.2. The Labute approximate surface area is 149 Å². The van der Waals surface area contributed by atoms with Crippen molar-refractivity contribution in [3.05, 3.63) is 0 Å². The maximum Gasteiger partial charge on any atom is -0.0298 e. The van der Waals surface area contributed by atoms with Crippen molar-refractivity contribution in [2.45, 2.75) is 143 Å². The molecule has 0 aliphatic heterocycles. The molecule has 0 fully saturated rings. The molecule has 0 aromatic rings. The first kappa shape index (κ1) is 23.0. The zero-order chi connectivity index (χ0) is 17.2. The number of hydrogen-bond donors (Lipinski definition) is 0. The van der Waals surface area contributed by atoms with Gasteiger partial charge < -0.3 is 0 Å². The minimum absolute atomic E-state index is 0.693. The van der Waals surface area contributed by atoms with Crippen LogP contribution in [0.3, 0.4) is 0 Å². The molecular weight excluding hydrogens is 276 g/mol. The molecule has 140 valence electrons. The quantitative estimate of drug-likeness (QED) is 0.220. The van der Waals surface area contributed by atoms with Gasteiger partial charge in [0, 0.05) is 0 Å². The van der Waals surface area contributed by atoms with E-state index < -0.39 is 0 Å². The van der Waals surface area contributed by atoms with Gasteiger partial charge in [0.15, 0.2) is 0 Å². The maximum atomic E-state index is 2.40. The molecule has 0 heterocycles. The van der Waals surface area contributed by atoms with Crippen molar-refractivity contribution in [3.63, 3.8) is 0 Å². The third-order valence-corrected chi connectivity index (χ3v) is 5.68. The number of unbranched alkanes of at least 4 members (excludes halogenated alkanes) is 10. The third kappa shape index (κ3) is 13.0. The van der Waals surface area contributed by atoms with E-state index in [-0.39, 0.29) is 0 Å². The van der Waals surface area contributed by atoms with E-state index in [0.717, 1.165) is 0 Å². The fourth-order valence-corrected chi connectivity index (χ4v) is 4.37. The minimum Gasteiger partial charge on any atom is -0.0654 e. The molecule has 0 rings (SSSR count). The van der Waals surface area contributed by atoms with E-state index in [0.29, 0.717) is 5.41 Å². The average Bonchev–Trinajstić information content (AvgIpc) is 2.54. The number of rotatable bonds is 18. The standard InChI is InChI=1S/C23H48/c1-5-9-11-13-15-17-21-23(19-7-3,20-8-4)22-18-16-14-12-10-6-2/h5-22H2,1-4H3. The highest BCUT2D eigenvalue weighted by Gasteiger charge is 2.26. The van der Waals surface area contributed by atoms with Crippen LogP contribution in [0.1, 0.15) is 143 Å². The van der Waals surface area contributed by atoms with Gasteiger partial charge in [-0.05, 0) is 31.1 Å². The van der Waals surface area contributed by atoms with Crippen LogP contribution < -0.4 is 0 Å². The van der Waals surface area contributed by atoms with E-state index in [9.17, 15) is 0 Å². The summed E-state index contributed by atoms with van der Waals surface area (Å²) in [5.41, 5.74) is 0.693. The van der Waals surface area contributed by atoms with Crippen LogP contribution in [-0.4, -0.2) is 0 Å². The molecule has 0 radical (unpaired) electrons. The summed E-state index contributed by atoms with van der Waals surface area (Å²) in [5, 5.41) is 0. The highest BCUT2D eigenvalue weighted by atomic mass is 14.3. The van der Waals surface area contributed by atoms with E-state index in [4.69, 9.17) is 0 Å². The Morgan fingerprint density at radius 2 is 0.696 bits per heavy atom. The SMILES string of the molecule is CCCCCCCCC(CCC)(CCC)CCCCCCCC. The molecule has 0 nitrogen and oxygen atoms in total. The molecule has 0 aromatic heterocycles. The van der Waals surface area contributed by atoms with Crippen molar-refractivity contribution in [2.75, 3.05) is 0 Å². The lowest BCUT2D eigenvalue weighted by molar-refractivity contribution is 0.180. The van der Waals surface area contributed by atoms with Gasteiger partial charge in [0.25, 0.3) is 0 Å². The molecular formula is C23H48. The van der Waals surface area contributed by atoms with Gasteiger partial charge in [-0.2, -0.15) is 0 Å². The summed E-state index contributed by atoms with van der Waals surface area (Å²) in [7, 11) is 0. The fourth-order valence-electron chi connectivity index (χ4n) is 4.37. The Morgan fingerprint density at radius 1 is 0.348 bits per heavy atom. The Morgan fingerprint density at radius 3 is 1.04 bits per heavy atom. The fraction of sp³-hybridized carbons (Fsp3) is 1.00. The first-order valence-electron chi connectivity index (χ1n) is 11.2. The molecule has 23 heavy (non-hydrogen) atoms. The van der Waals surface area contributed by atoms with Crippen molar-refractivity contribution in [1.82, 2.24) is 0 Å². The Kier molecular flexibility index (Phi) is 16.8. The van der Waals surface area contributed by atoms with Crippen LogP contribution in [0.5, 0.6) is 0 Å². The summed E-state index contributed by atoms with van der Waals surface area (Å²) >= 11 is 0. The molecule has 0 amide bonds. The minimum atomic E-state index is 0.693. The highest BCUT2D eigenvalue weighted by Crippen LogP contribution is 2.40. The largest absolute Gasteiger partial charge is 0.0654 e. The van der Waals surface area contributed by atoms with Crippen molar-refractivity contribution < 1.29 is 0 Å². The van der Waals surface area contributed by atoms with Gasteiger partial charge in [0.1, 0.15) is 0 Å². The first-order valence-corrected chi connectivity index (χ1v) is 11.2. The lowest BCUT2D eigenvalue weighted by atomic mass is 9.71. The van der Waals surface area contributed by atoms with Crippen LogP contribution in [0, 0.1) is 5.41 Å². The van der Waals surface area contributed by atoms with Crippen LogP contribution in [0.4, 0.5) is 0 Å². The monoisotopic (exact) mass is 324 g/mol. The Hall–Kier alpha value is 0. The molecule has 0 N–H and O–H groups in total. The van der Waals surface area contributed by atoms with Gasteiger partial charge in [-0.3, -0.25) is 0 Å². The third-order valence-electron chi connectivity index (χ3n) is 5.68. The van der Waals surface area contributed by atoms with Gasteiger partial charge in [-0.1, -0.05) is 118 Å². The van der Waals surface area contributed by atoms with Crippen molar-refractivity contribution >= 4 is 0 Å². The van der Waals surface area contributed by atoms with Crippen molar-refractivity contribution in [2.24, 2.45) is 5.41 Å². The molecule has 0 unspecified atom stereocenters. The second-order valence-electron chi connectivity index (χ2n) is 8.04. The molecule has 0 aromatic carbocycles. The average molecular weight is 325 g/mol. The van der Waals surface area contributed by atoms with Crippen molar-refractivity contribution in [1.29, 1.82) is 0 Å². The second-order valence-corrected chi connectivity index (χ2v) is 8.04. The van der Waals surface area contributed by atoms with Crippen LogP contribution >= 0.6 is 0 Å². The predicted octanol–water partition coefficient (Wildman–Crippen LogP) is 9.07. The van der Waals surface area contributed by atoms with E-state index in [2.05, 4.69) is 27.7 Å². The Bertz CT molecular complexity index is 194. The molecule has 0 saturated carbocycles. The summed E-state index contributed by atoms with van der Waals surface area (Å²) in [5.74, 6) is 0. The summed E-state index contributed by atoms with van der Waals surface area (Å²) in [6.07, 6.45) is 26.1. The van der Waals surface area contributed by atoms with Crippen LogP contribution in [0.15, 0.2) is 0 Å². The smallest absolute Gasteiger partial charge is 0.0298 e. The second kappa shape index (κ2) is 16.8. The molecule has 0 atom stereocenters. The topological polar surface area (TPSA) is 0 Å². The van der Waals surface area contributed by atoms with Crippen LogP contribution in [-0.2, 0) is 0 Å². The maximum absolute atomic E-state index is 2.40. The zero-order valence-corrected chi connectivity index (χ0v) is 17.2. The van der Waals surface area contributed by atoms with E-state index in [1.165, 1.54) is 116 Å². The van der Waals surface area contributed by atoms with E-state index >= 15 is 0 Å². The Balaban J connectivity index is 4.11. The highest BCUT2D eigenvalue weighted by molar-refractivity contribution is 4.79. The van der Waals surface area contributed by atoms with Gasteiger partial charge in [0.2, 0.25) is 0 Å². The lowest BCUT2D eigenvalue weighted by Crippen LogP contribution is -2.21. The van der Waals surface area contributed by atoms with Gasteiger partial charge in [-0.15, -0.1) is 0 Å². The summed E-state index contributed by atoms with van der Waals surface area (Å²) in [6.45, 7) is 9.42. The molecule has 0 heteroatoms. The predicted molar refractivity (Wildman–Crippen MR) is 108 cm³/mol. The van der Waals surface area contributed by atoms with Gasteiger partial charge in [0.05, 0.1) is 0 Å². The van der Waals surface area contributed by atoms with Crippen LogP contribution in [0.25, 0.3) is 0 Å². The summed E-state index contributed by atoms with van der Waals surface area (Å²) < 4.78 is 0. The molecule has 0 bridgehead atoms. The van der Waals surface area contributed by atoms with Gasteiger partial charge in [-0.25, -0.2) is 0 Å². The first-order chi connectivity index (χ1) is 11.2. The van der Waals surface area contributed by atoms with Gasteiger partial charge >= 0.3 is 0 Å². The van der Waals surface area contributed by atoms with E-state index in [1.54, 1.807) is 0 Å². The summed E-state index contributed by atoms with van der Waals surface area (Å²) in [6, 6.07) is 0. The number of hydrogen-bond acceptors (Lipinski definition) is 0. The molecule has 0 aliphatic rings. The van der Waals surface area contributed by atoms with E-state index in [1.807, 2.05) is 0 Å². The summed E-state index contributed by atoms with van der Waals surface area (Å²) in [4.78, 5) is 0.